The molecule has 5 saturated heterocycles. The van der Waals surface area contributed by atoms with E-state index in [1.54, 1.807) is 10.8 Å². The molecular weight excluding hydrogens is 1050 g/mol. The van der Waals surface area contributed by atoms with Gasteiger partial charge in [-0.15, -0.1) is 0 Å². The van der Waals surface area contributed by atoms with Crippen molar-refractivity contribution < 1.29 is 49.6 Å². The van der Waals surface area contributed by atoms with Crippen LogP contribution in [0, 0.1) is 40.9 Å². The molecule has 19 atom stereocenters. The summed E-state index contributed by atoms with van der Waals surface area (Å²) >= 11 is 0. The number of carbonyl (C=O) groups excluding carboxylic acids is 1. The van der Waals surface area contributed by atoms with Gasteiger partial charge < -0.3 is 60.5 Å². The van der Waals surface area contributed by atoms with Gasteiger partial charge in [-0.25, -0.2) is 4.79 Å². The second-order valence-electron chi connectivity index (χ2n) is 24.9. The predicted molar refractivity (Wildman–Crippen MR) is 304 cm³/mol. The first-order valence-electron chi connectivity index (χ1n) is 28.7. The topological polar surface area (TPSA) is 206 Å². The molecular formula is C60H71N3O10S4. The van der Waals surface area contributed by atoms with Crippen LogP contribution in [-0.4, -0.2) is 131 Å². The summed E-state index contributed by atoms with van der Waals surface area (Å²) < 4.78 is 21.2. The highest BCUT2D eigenvalue weighted by molar-refractivity contribution is 8.78. The number of ether oxygens (including phenoxy) is 3. The SMILES string of the molecule is CN[C@H]1CSS[C@H]2CSS[C@H](CNC3CCCCC3)[C@H]3C[C@H]4[C@H]5C[C@@H]1[C@H](O)[C@]1(CC[C@H]6CC[C@@H]7C[C@H]2c2cc(O)ccc2[C@]671)[C@H]5O[C@H]1[C@H](C(=O)Oc2c(CO)[nH]c5ccc6cc7ccccc7cc6c25)O[C@@](O)([C@H]3O)[C@@]41O. The minimum atomic E-state index is -2.66. The Bertz CT molecular complexity index is 3160. The standard InChI is InChI=1S/C60H71N3O10S4/c1-61-46-27-74-77-48-28-75-76-47(25-62-34-9-3-2-4-10-34)41-24-43-39-23-40(46)52(66)57(18-17-32-12-13-33-21-38(48)37-22-35(65)14-15-42(37)58(32,33)57)54(39)72-55-51(73-60(70,53(41)67)59(43,55)69)56(68)71-50-45(26-64)63-44-16-11-31-19-29-7-5-6-8-30(29)20-36(31)49(44)50/h5-8,11,14-16,19-20,22,32-34,38-41,43,46-48,51-55,61-67,69-70H,2-4,9-10,12-13,17-18,21,23-28H2,1H3/t32-,33-,38+,39-,40+,41-,43+,46+,47-,48+,51-,52+,53+,54+,55+,57-,58+,59-,60+/m1/s1. The Balaban J connectivity index is 0.930. The molecule has 17 heteroatoms. The van der Waals surface area contributed by atoms with E-state index in [0.29, 0.717) is 42.8 Å². The third-order valence-electron chi connectivity index (χ3n) is 22.1. The number of H-pyrrole nitrogens is 1. The molecule has 0 unspecified atom stereocenters. The van der Waals surface area contributed by atoms with E-state index in [1.807, 2.05) is 81.9 Å². The highest BCUT2D eigenvalue weighted by Gasteiger charge is 2.84. The summed E-state index contributed by atoms with van der Waals surface area (Å²) in [6, 6.07) is 22.4. The van der Waals surface area contributed by atoms with Crippen LogP contribution in [0.2, 0.25) is 0 Å². The molecule has 8 heterocycles. The molecule has 13 nitrogen and oxygen atoms in total. The second-order valence-corrected chi connectivity index (χ2v) is 30.2. The van der Waals surface area contributed by atoms with Gasteiger partial charge in [0.2, 0.25) is 5.79 Å². The Morgan fingerprint density at radius 3 is 2.45 bits per heavy atom. The monoisotopic (exact) mass is 1120 g/mol. The number of hydrogen-bond donors (Lipinski definition) is 9. The number of aliphatic hydroxyl groups is 5. The van der Waals surface area contributed by atoms with Crippen molar-refractivity contribution in [1.29, 1.82) is 0 Å². The summed E-state index contributed by atoms with van der Waals surface area (Å²) in [6.45, 7) is 0.104. The fourth-order valence-electron chi connectivity index (χ4n) is 19.0. The van der Waals surface area contributed by atoms with E-state index in [0.717, 1.165) is 84.4 Å². The van der Waals surface area contributed by atoms with Crippen LogP contribution < -0.4 is 15.4 Å². The number of phenolic OH excluding ortho intramolecular Hbond substituents is 1. The third-order valence-corrected chi connectivity index (χ3v) is 28.2. The maximum Gasteiger partial charge on any atom is 0.343 e. The van der Waals surface area contributed by atoms with E-state index in [9.17, 15) is 30.6 Å². The number of fused-ring (bicyclic) bond motifs is 4. The Hall–Kier alpha value is -2.75. The molecule has 6 aliphatic carbocycles. The van der Waals surface area contributed by atoms with Gasteiger partial charge in [0.25, 0.3) is 0 Å². The van der Waals surface area contributed by atoms with Crippen molar-refractivity contribution in [3.63, 3.8) is 0 Å². The molecule has 9 bridgehead atoms. The van der Waals surface area contributed by atoms with Crippen LogP contribution in [-0.2, 0) is 26.3 Å². The number of aromatic amines is 1. The molecule has 410 valence electrons. The van der Waals surface area contributed by atoms with Crippen LogP contribution in [0.25, 0.3) is 32.4 Å². The first kappa shape index (κ1) is 51.2. The van der Waals surface area contributed by atoms with Crippen molar-refractivity contribution in [3.05, 3.63) is 83.6 Å². The molecule has 2 spiro atoms. The Labute approximate surface area is 464 Å². The molecule has 10 fully saturated rings. The molecule has 0 radical (unpaired) electrons. The van der Waals surface area contributed by atoms with Crippen molar-refractivity contribution in [2.24, 2.45) is 40.9 Å². The van der Waals surface area contributed by atoms with E-state index in [1.165, 1.54) is 17.5 Å². The lowest BCUT2D eigenvalue weighted by Crippen LogP contribution is -2.80. The lowest BCUT2D eigenvalue weighted by atomic mass is 9.40. The molecule has 4 aromatic carbocycles. The first-order valence-corrected chi connectivity index (χ1v) is 33.4. The molecule has 1 aromatic heterocycles. The summed E-state index contributed by atoms with van der Waals surface area (Å²) in [7, 11) is 9.41. The number of phenols is 1. The fourth-order valence-corrected chi connectivity index (χ4v) is 26.0. The Morgan fingerprint density at radius 1 is 0.831 bits per heavy atom. The van der Waals surface area contributed by atoms with Crippen LogP contribution in [0.5, 0.6) is 11.5 Å². The second kappa shape index (κ2) is 18.9. The summed E-state index contributed by atoms with van der Waals surface area (Å²) in [4.78, 5) is 19.0. The van der Waals surface area contributed by atoms with E-state index in [4.69, 9.17) is 14.2 Å². The molecule has 77 heavy (non-hydrogen) atoms. The van der Waals surface area contributed by atoms with Gasteiger partial charge in [0.05, 0.1) is 35.4 Å². The first-order chi connectivity index (χ1) is 37.4. The van der Waals surface area contributed by atoms with Gasteiger partial charge in [-0.1, -0.05) is 98.8 Å². The summed E-state index contributed by atoms with van der Waals surface area (Å²) in [5.41, 5.74) is -0.454. The molecule has 18 rings (SSSR count). The van der Waals surface area contributed by atoms with Gasteiger partial charge in [-0.3, -0.25) is 0 Å². The number of rotatable bonds is 7. The molecule has 5 aromatic rings. The lowest BCUT2D eigenvalue weighted by Gasteiger charge is -2.69. The summed E-state index contributed by atoms with van der Waals surface area (Å²) in [6.07, 6.45) is 4.56. The maximum atomic E-state index is 15.7. The van der Waals surface area contributed by atoms with Crippen LogP contribution >= 0.6 is 43.2 Å². The lowest BCUT2D eigenvalue weighted by molar-refractivity contribution is -0.381. The zero-order valence-corrected chi connectivity index (χ0v) is 46.6. The fraction of sp³-hybridized carbons (Fsp3) is 0.617. The van der Waals surface area contributed by atoms with Crippen molar-refractivity contribution >= 4 is 81.6 Å². The van der Waals surface area contributed by atoms with Gasteiger partial charge in [-0.05, 0) is 152 Å². The maximum absolute atomic E-state index is 15.7. The van der Waals surface area contributed by atoms with Gasteiger partial charge in [0, 0.05) is 69.2 Å². The number of aromatic hydroxyl groups is 1. The smallest absolute Gasteiger partial charge is 0.343 e. The van der Waals surface area contributed by atoms with Crippen molar-refractivity contribution in [1.82, 2.24) is 15.6 Å². The number of benzene rings is 4. The molecule has 7 aliphatic heterocycles. The number of aliphatic hydroxyl groups excluding tert-OH is 3. The zero-order chi connectivity index (χ0) is 52.3. The van der Waals surface area contributed by atoms with Gasteiger partial charge >= 0.3 is 5.97 Å². The quantitative estimate of drug-likeness (QED) is 0.0426. The number of esters is 1. The molecule has 0 amide bonds. The number of nitrogens with one attached hydrogen (secondary N) is 3. The minimum Gasteiger partial charge on any atom is -0.508 e. The number of carbonyl (C=O) groups is 1. The highest BCUT2D eigenvalue weighted by Crippen LogP contribution is 2.78. The summed E-state index contributed by atoms with van der Waals surface area (Å²) in [5, 5.41) is 89.6. The van der Waals surface area contributed by atoms with Crippen LogP contribution in [0.1, 0.15) is 99.8 Å². The average Bonchev–Trinajstić information content (AvgIpc) is 4.36. The van der Waals surface area contributed by atoms with Crippen molar-refractivity contribution in [3.8, 4) is 11.5 Å². The Kier molecular flexibility index (Phi) is 12.6. The van der Waals surface area contributed by atoms with Gasteiger partial charge in [0.15, 0.2) is 17.5 Å². The van der Waals surface area contributed by atoms with Crippen LogP contribution in [0.4, 0.5) is 0 Å². The minimum absolute atomic E-state index is 0.0992. The van der Waals surface area contributed by atoms with Crippen LogP contribution in [0.15, 0.2) is 66.7 Å². The van der Waals surface area contributed by atoms with E-state index in [2.05, 4.69) is 39.9 Å². The van der Waals surface area contributed by atoms with Crippen molar-refractivity contribution in [2.45, 2.75) is 159 Å². The van der Waals surface area contributed by atoms with E-state index < -0.39 is 83.1 Å². The predicted octanol–water partition coefficient (Wildman–Crippen LogP) is 8.43. The Morgan fingerprint density at radius 2 is 1.64 bits per heavy atom. The molecule has 13 aliphatic rings. The summed E-state index contributed by atoms with van der Waals surface area (Å²) in [5.74, 6) is -3.14. The zero-order valence-electron chi connectivity index (χ0n) is 43.4. The van der Waals surface area contributed by atoms with Gasteiger partial charge in [-0.2, -0.15) is 0 Å². The molecule has 5 saturated carbocycles. The normalized spacial score (nSPS) is 43.0. The van der Waals surface area contributed by atoms with E-state index in [-0.39, 0.29) is 57.4 Å². The van der Waals surface area contributed by atoms with E-state index >= 15 is 4.79 Å². The van der Waals surface area contributed by atoms with Crippen molar-refractivity contribution in [2.75, 3.05) is 25.1 Å². The van der Waals surface area contributed by atoms with Gasteiger partial charge in [0.1, 0.15) is 18.0 Å². The highest BCUT2D eigenvalue weighted by atomic mass is 33.1. The number of aromatic nitrogens is 1. The molecule has 9 N–H and O–H groups in total. The number of hydrogen-bond acceptors (Lipinski definition) is 16. The third kappa shape index (κ3) is 7.08. The van der Waals surface area contributed by atoms with Crippen LogP contribution in [0.3, 0.4) is 0 Å². The average molecular weight is 1120 g/mol. The largest absolute Gasteiger partial charge is 0.508 e.